The van der Waals surface area contributed by atoms with Crippen LogP contribution in [0, 0.1) is 5.92 Å². The van der Waals surface area contributed by atoms with Crippen molar-refractivity contribution in [3.8, 4) is 0 Å². The molecule has 2 saturated heterocycles. The van der Waals surface area contributed by atoms with Crippen LogP contribution in [0.15, 0.2) is 0 Å². The van der Waals surface area contributed by atoms with Crippen LogP contribution >= 0.6 is 0 Å². The highest BCUT2D eigenvalue weighted by atomic mass is 16.5. The Morgan fingerprint density at radius 3 is 2.67 bits per heavy atom. The minimum atomic E-state index is 0.469. The van der Waals surface area contributed by atoms with Gasteiger partial charge in [0.05, 0.1) is 12.2 Å². The number of nitrogens with one attached hydrogen (secondary N) is 1. The van der Waals surface area contributed by atoms with Gasteiger partial charge in [0, 0.05) is 31.7 Å². The zero-order valence-electron chi connectivity index (χ0n) is 12.5. The summed E-state index contributed by atoms with van der Waals surface area (Å²) in [5.41, 5.74) is 0. The van der Waals surface area contributed by atoms with Gasteiger partial charge in [0.2, 0.25) is 0 Å². The summed E-state index contributed by atoms with van der Waals surface area (Å²) in [5.74, 6) is 0.717. The van der Waals surface area contributed by atoms with Crippen molar-refractivity contribution in [3.63, 3.8) is 0 Å². The summed E-state index contributed by atoms with van der Waals surface area (Å²) in [6.45, 7) is 12.6. The van der Waals surface area contributed by atoms with Crippen LogP contribution in [-0.4, -0.2) is 48.8 Å². The molecule has 2 aliphatic rings. The van der Waals surface area contributed by atoms with Crippen LogP contribution in [0.5, 0.6) is 0 Å². The minimum Gasteiger partial charge on any atom is -0.374 e. The quantitative estimate of drug-likeness (QED) is 0.833. The molecule has 0 aromatic heterocycles. The first kappa shape index (κ1) is 14.3. The zero-order valence-corrected chi connectivity index (χ0v) is 12.5. The number of rotatable bonds is 4. The standard InChI is InChI=1S/C15H30N2O/c1-5-13-9-17(15(8-16-13)11(2)3)10-14-7-6-12(4)18-14/h11-16H,5-10H2,1-4H3. The van der Waals surface area contributed by atoms with E-state index in [1.165, 1.54) is 25.8 Å². The fourth-order valence-electron chi connectivity index (χ4n) is 3.32. The molecule has 0 bridgehead atoms. The summed E-state index contributed by atoms with van der Waals surface area (Å²) in [7, 11) is 0. The Kier molecular flexibility index (Phi) is 5.05. The molecule has 2 heterocycles. The molecule has 0 aromatic carbocycles. The molecule has 4 atom stereocenters. The van der Waals surface area contributed by atoms with Gasteiger partial charge in [-0.3, -0.25) is 4.90 Å². The van der Waals surface area contributed by atoms with Gasteiger partial charge in [-0.25, -0.2) is 0 Å². The zero-order chi connectivity index (χ0) is 13.1. The molecule has 4 unspecified atom stereocenters. The second-order valence-electron chi connectivity index (χ2n) is 6.42. The first-order chi connectivity index (χ1) is 8.60. The number of ether oxygens (including phenoxy) is 1. The molecule has 0 spiro atoms. The predicted molar refractivity (Wildman–Crippen MR) is 75.8 cm³/mol. The predicted octanol–water partition coefficient (Wildman–Crippen LogP) is 2.26. The monoisotopic (exact) mass is 254 g/mol. The van der Waals surface area contributed by atoms with Gasteiger partial charge in [-0.2, -0.15) is 0 Å². The van der Waals surface area contributed by atoms with Crippen molar-refractivity contribution in [2.75, 3.05) is 19.6 Å². The summed E-state index contributed by atoms with van der Waals surface area (Å²) in [6.07, 6.45) is 4.64. The smallest absolute Gasteiger partial charge is 0.0706 e. The van der Waals surface area contributed by atoms with Crippen LogP contribution < -0.4 is 5.32 Å². The molecular formula is C15H30N2O. The van der Waals surface area contributed by atoms with Crippen molar-refractivity contribution >= 4 is 0 Å². The maximum absolute atomic E-state index is 6.00. The Balaban J connectivity index is 1.92. The molecule has 0 amide bonds. The third-order valence-electron chi connectivity index (χ3n) is 4.56. The van der Waals surface area contributed by atoms with E-state index in [0.717, 1.165) is 13.1 Å². The largest absolute Gasteiger partial charge is 0.374 e. The molecule has 2 fully saturated rings. The van der Waals surface area contributed by atoms with E-state index >= 15 is 0 Å². The van der Waals surface area contributed by atoms with E-state index in [1.807, 2.05) is 0 Å². The second-order valence-corrected chi connectivity index (χ2v) is 6.42. The Labute approximate surface area is 112 Å². The van der Waals surface area contributed by atoms with E-state index < -0.39 is 0 Å². The van der Waals surface area contributed by atoms with Crippen LogP contribution in [0.2, 0.25) is 0 Å². The highest BCUT2D eigenvalue weighted by Gasteiger charge is 2.32. The van der Waals surface area contributed by atoms with Crippen molar-refractivity contribution in [2.24, 2.45) is 5.92 Å². The lowest BCUT2D eigenvalue weighted by Crippen LogP contribution is -2.59. The van der Waals surface area contributed by atoms with Crippen molar-refractivity contribution < 1.29 is 4.74 Å². The highest BCUT2D eigenvalue weighted by Crippen LogP contribution is 2.23. The Bertz CT molecular complexity index is 257. The molecule has 2 rings (SSSR count). The first-order valence-corrected chi connectivity index (χ1v) is 7.73. The van der Waals surface area contributed by atoms with Crippen LogP contribution in [0.1, 0.15) is 47.0 Å². The second kappa shape index (κ2) is 6.36. The van der Waals surface area contributed by atoms with Crippen molar-refractivity contribution in [1.82, 2.24) is 10.2 Å². The lowest BCUT2D eigenvalue weighted by atomic mass is 9.97. The van der Waals surface area contributed by atoms with Gasteiger partial charge < -0.3 is 10.1 Å². The average molecular weight is 254 g/mol. The topological polar surface area (TPSA) is 24.5 Å². The average Bonchev–Trinajstić information content (AvgIpc) is 2.74. The lowest BCUT2D eigenvalue weighted by Gasteiger charge is -2.43. The third-order valence-corrected chi connectivity index (χ3v) is 4.56. The van der Waals surface area contributed by atoms with E-state index in [-0.39, 0.29) is 0 Å². The van der Waals surface area contributed by atoms with Crippen LogP contribution in [-0.2, 0) is 4.74 Å². The van der Waals surface area contributed by atoms with Crippen LogP contribution in [0.3, 0.4) is 0 Å². The van der Waals surface area contributed by atoms with Gasteiger partial charge >= 0.3 is 0 Å². The fourth-order valence-corrected chi connectivity index (χ4v) is 3.32. The van der Waals surface area contributed by atoms with Crippen LogP contribution in [0.4, 0.5) is 0 Å². The van der Waals surface area contributed by atoms with E-state index in [2.05, 4.69) is 37.9 Å². The molecule has 18 heavy (non-hydrogen) atoms. The minimum absolute atomic E-state index is 0.469. The van der Waals surface area contributed by atoms with Gasteiger partial charge in [-0.15, -0.1) is 0 Å². The number of hydrogen-bond donors (Lipinski definition) is 1. The van der Waals surface area contributed by atoms with Gasteiger partial charge in [0.1, 0.15) is 0 Å². The molecule has 2 aliphatic heterocycles. The Hall–Kier alpha value is -0.120. The molecular weight excluding hydrogens is 224 g/mol. The maximum Gasteiger partial charge on any atom is 0.0706 e. The number of hydrogen-bond acceptors (Lipinski definition) is 3. The molecule has 0 aromatic rings. The molecule has 0 radical (unpaired) electrons. The molecule has 106 valence electrons. The number of piperazine rings is 1. The maximum atomic E-state index is 6.00. The molecule has 0 saturated carbocycles. The summed E-state index contributed by atoms with van der Waals surface area (Å²) in [5, 5.41) is 3.68. The Morgan fingerprint density at radius 1 is 1.33 bits per heavy atom. The van der Waals surface area contributed by atoms with Crippen molar-refractivity contribution in [3.05, 3.63) is 0 Å². The van der Waals surface area contributed by atoms with Crippen molar-refractivity contribution in [1.29, 1.82) is 0 Å². The lowest BCUT2D eigenvalue weighted by molar-refractivity contribution is 0.00263. The fraction of sp³-hybridized carbons (Fsp3) is 1.00. The van der Waals surface area contributed by atoms with E-state index in [4.69, 9.17) is 4.74 Å². The molecule has 3 heteroatoms. The third kappa shape index (κ3) is 3.46. The van der Waals surface area contributed by atoms with Gasteiger partial charge in [0.25, 0.3) is 0 Å². The summed E-state index contributed by atoms with van der Waals surface area (Å²) in [6, 6.07) is 1.34. The van der Waals surface area contributed by atoms with E-state index in [1.54, 1.807) is 0 Å². The van der Waals surface area contributed by atoms with E-state index in [0.29, 0.717) is 30.2 Å². The SMILES string of the molecule is CCC1CN(CC2CCC(C)O2)C(C(C)C)CN1. The van der Waals surface area contributed by atoms with Crippen molar-refractivity contribution in [2.45, 2.75) is 71.2 Å². The van der Waals surface area contributed by atoms with Gasteiger partial charge in [0.15, 0.2) is 0 Å². The summed E-state index contributed by atoms with van der Waals surface area (Å²) >= 11 is 0. The van der Waals surface area contributed by atoms with Crippen LogP contribution in [0.25, 0.3) is 0 Å². The van der Waals surface area contributed by atoms with Gasteiger partial charge in [-0.05, 0) is 32.1 Å². The highest BCUT2D eigenvalue weighted by molar-refractivity contribution is 4.89. The summed E-state index contributed by atoms with van der Waals surface area (Å²) < 4.78 is 6.00. The molecule has 3 nitrogen and oxygen atoms in total. The molecule has 1 N–H and O–H groups in total. The first-order valence-electron chi connectivity index (χ1n) is 7.73. The van der Waals surface area contributed by atoms with E-state index in [9.17, 15) is 0 Å². The number of nitrogens with zero attached hydrogens (tertiary/aromatic N) is 1. The normalized spacial score (nSPS) is 38.5. The summed E-state index contributed by atoms with van der Waals surface area (Å²) in [4.78, 5) is 2.68. The Morgan fingerprint density at radius 2 is 2.11 bits per heavy atom. The van der Waals surface area contributed by atoms with Gasteiger partial charge in [-0.1, -0.05) is 20.8 Å². The molecule has 0 aliphatic carbocycles.